The molecular formula is C24H20N2O4S. The summed E-state index contributed by atoms with van der Waals surface area (Å²) < 4.78 is 5.23. The molecule has 0 fully saturated rings. The number of H-pyrrole nitrogens is 1. The first-order valence-electron chi connectivity index (χ1n) is 9.67. The molecule has 1 heterocycles. The standard InChI is InChI=1S/C24H20N2O4S/c27-22-21(31-24(29)26-22)14-16-9-11-18(12-10-16)19-6-4-5-17(13-19)15-25-23(28)30-20-7-2-1-3-8-20/h1-13,27H,14-15H2,(H,25,28)(H,26,29). The highest BCUT2D eigenvalue weighted by Gasteiger charge is 2.08. The second kappa shape index (κ2) is 9.32. The molecule has 156 valence electrons. The van der Waals surface area contributed by atoms with Crippen molar-refractivity contribution >= 4 is 17.4 Å². The highest BCUT2D eigenvalue weighted by atomic mass is 32.1. The lowest BCUT2D eigenvalue weighted by Crippen LogP contribution is -2.26. The smallest absolute Gasteiger partial charge is 0.412 e. The number of carbonyl (C=O) groups is 1. The predicted octanol–water partition coefficient (Wildman–Crippen LogP) is 4.69. The number of hydrogen-bond donors (Lipinski definition) is 3. The molecule has 0 aliphatic rings. The highest BCUT2D eigenvalue weighted by Crippen LogP contribution is 2.24. The van der Waals surface area contributed by atoms with Gasteiger partial charge in [-0.2, -0.15) is 0 Å². The van der Waals surface area contributed by atoms with Gasteiger partial charge < -0.3 is 15.2 Å². The first-order chi connectivity index (χ1) is 15.1. The zero-order valence-corrected chi connectivity index (χ0v) is 17.3. The Bertz CT molecular complexity index is 1230. The highest BCUT2D eigenvalue weighted by molar-refractivity contribution is 7.09. The van der Waals surface area contributed by atoms with E-state index in [-0.39, 0.29) is 10.8 Å². The maximum Gasteiger partial charge on any atom is 0.412 e. The van der Waals surface area contributed by atoms with Crippen LogP contribution in [0.15, 0.2) is 83.7 Å². The van der Waals surface area contributed by atoms with Crippen molar-refractivity contribution in [1.29, 1.82) is 0 Å². The molecule has 0 spiro atoms. The number of aromatic amines is 1. The SMILES string of the molecule is O=C(NCc1cccc(-c2ccc(Cc3sc(=O)[nH]c3O)cc2)c1)Oc1ccccc1. The van der Waals surface area contributed by atoms with Crippen LogP contribution in [0.5, 0.6) is 11.6 Å². The van der Waals surface area contributed by atoms with Crippen LogP contribution < -0.4 is 14.9 Å². The topological polar surface area (TPSA) is 91.4 Å². The summed E-state index contributed by atoms with van der Waals surface area (Å²) in [5.74, 6) is 0.430. The molecule has 0 saturated heterocycles. The summed E-state index contributed by atoms with van der Waals surface area (Å²) in [4.78, 5) is 26.1. The Morgan fingerprint density at radius 3 is 2.42 bits per heavy atom. The second-order valence-electron chi connectivity index (χ2n) is 6.92. The van der Waals surface area contributed by atoms with Gasteiger partial charge in [-0.25, -0.2) is 4.79 Å². The largest absolute Gasteiger partial charge is 0.494 e. The van der Waals surface area contributed by atoms with E-state index in [2.05, 4.69) is 10.3 Å². The molecule has 0 radical (unpaired) electrons. The van der Waals surface area contributed by atoms with Crippen LogP contribution in [0.4, 0.5) is 4.79 Å². The van der Waals surface area contributed by atoms with Crippen molar-refractivity contribution in [3.05, 3.63) is 105 Å². The van der Waals surface area contributed by atoms with Crippen LogP contribution in [-0.4, -0.2) is 16.2 Å². The number of amides is 1. The maximum absolute atomic E-state index is 12.0. The molecule has 7 heteroatoms. The Morgan fingerprint density at radius 1 is 0.935 bits per heavy atom. The van der Waals surface area contributed by atoms with E-state index < -0.39 is 6.09 Å². The van der Waals surface area contributed by atoms with E-state index in [1.807, 2.05) is 54.6 Å². The van der Waals surface area contributed by atoms with Gasteiger partial charge in [-0.15, -0.1) is 0 Å². The first-order valence-corrected chi connectivity index (χ1v) is 10.5. The van der Waals surface area contributed by atoms with Gasteiger partial charge in [-0.1, -0.05) is 72.0 Å². The molecule has 0 aliphatic carbocycles. The van der Waals surface area contributed by atoms with E-state index in [9.17, 15) is 14.7 Å². The van der Waals surface area contributed by atoms with Gasteiger partial charge in [0.05, 0.1) is 4.88 Å². The first kappa shape index (κ1) is 20.4. The summed E-state index contributed by atoms with van der Waals surface area (Å²) in [6.45, 7) is 0.350. The monoisotopic (exact) mass is 432 g/mol. The Hall–Kier alpha value is -3.84. The number of carbonyl (C=O) groups excluding carboxylic acids is 1. The predicted molar refractivity (Wildman–Crippen MR) is 121 cm³/mol. The van der Waals surface area contributed by atoms with Crippen molar-refractivity contribution < 1.29 is 14.6 Å². The van der Waals surface area contributed by atoms with Crippen LogP contribution >= 0.6 is 11.3 Å². The molecule has 6 nitrogen and oxygen atoms in total. The van der Waals surface area contributed by atoms with E-state index >= 15 is 0 Å². The summed E-state index contributed by atoms with van der Waals surface area (Å²) in [7, 11) is 0. The maximum atomic E-state index is 12.0. The van der Waals surface area contributed by atoms with E-state index in [1.54, 1.807) is 24.3 Å². The number of rotatable bonds is 6. The summed E-state index contributed by atoms with van der Waals surface area (Å²) in [5, 5.41) is 12.5. The minimum Gasteiger partial charge on any atom is -0.494 e. The zero-order chi connectivity index (χ0) is 21.6. The number of aromatic hydroxyl groups is 1. The molecule has 4 rings (SSSR count). The third-order valence-electron chi connectivity index (χ3n) is 4.67. The fourth-order valence-electron chi connectivity index (χ4n) is 3.14. The number of para-hydroxylation sites is 1. The summed E-state index contributed by atoms with van der Waals surface area (Å²) in [5.41, 5.74) is 4.00. The fraction of sp³-hybridized carbons (Fsp3) is 0.0833. The number of benzene rings is 3. The van der Waals surface area contributed by atoms with Gasteiger partial charge in [0.25, 0.3) is 0 Å². The van der Waals surface area contributed by atoms with Crippen LogP contribution in [0.2, 0.25) is 0 Å². The van der Waals surface area contributed by atoms with Crippen molar-refractivity contribution in [2.75, 3.05) is 0 Å². The normalized spacial score (nSPS) is 10.6. The van der Waals surface area contributed by atoms with Crippen molar-refractivity contribution in [1.82, 2.24) is 10.3 Å². The summed E-state index contributed by atoms with van der Waals surface area (Å²) >= 11 is 1.01. The van der Waals surface area contributed by atoms with Gasteiger partial charge in [-0.3, -0.25) is 9.78 Å². The van der Waals surface area contributed by atoms with Gasteiger partial charge in [0, 0.05) is 13.0 Å². The fourth-order valence-corrected chi connectivity index (χ4v) is 3.90. The molecule has 31 heavy (non-hydrogen) atoms. The summed E-state index contributed by atoms with van der Waals surface area (Å²) in [6, 6.07) is 24.8. The average Bonchev–Trinajstić information content (AvgIpc) is 3.10. The number of thiazole rings is 1. The Kier molecular flexibility index (Phi) is 6.14. The Morgan fingerprint density at radius 2 is 1.71 bits per heavy atom. The van der Waals surface area contributed by atoms with Gasteiger partial charge in [0.2, 0.25) is 5.88 Å². The molecular weight excluding hydrogens is 412 g/mol. The molecule has 0 aliphatic heterocycles. The van der Waals surface area contributed by atoms with E-state index in [4.69, 9.17) is 4.74 Å². The van der Waals surface area contributed by atoms with Crippen molar-refractivity contribution in [2.45, 2.75) is 13.0 Å². The third-order valence-corrected chi connectivity index (χ3v) is 5.54. The Labute approximate surface area is 182 Å². The average molecular weight is 433 g/mol. The quantitative estimate of drug-likeness (QED) is 0.412. The molecule has 0 saturated carbocycles. The molecule has 1 amide bonds. The van der Waals surface area contributed by atoms with Crippen molar-refractivity contribution in [2.24, 2.45) is 0 Å². The van der Waals surface area contributed by atoms with E-state index in [0.717, 1.165) is 33.6 Å². The molecule has 0 unspecified atom stereocenters. The minimum absolute atomic E-state index is 0.0648. The Balaban J connectivity index is 1.39. The number of ether oxygens (including phenoxy) is 1. The van der Waals surface area contributed by atoms with Crippen LogP contribution in [0.3, 0.4) is 0 Å². The number of nitrogens with one attached hydrogen (secondary N) is 2. The lowest BCUT2D eigenvalue weighted by Gasteiger charge is -2.09. The van der Waals surface area contributed by atoms with Crippen molar-refractivity contribution in [3.8, 4) is 22.8 Å². The lowest BCUT2D eigenvalue weighted by molar-refractivity contribution is 0.200. The number of hydrogen-bond acceptors (Lipinski definition) is 5. The van der Waals surface area contributed by atoms with Crippen molar-refractivity contribution in [3.63, 3.8) is 0 Å². The molecule has 4 aromatic rings. The van der Waals surface area contributed by atoms with E-state index in [0.29, 0.717) is 23.6 Å². The van der Waals surface area contributed by atoms with Gasteiger partial charge in [0.15, 0.2) is 0 Å². The third kappa shape index (κ3) is 5.40. The van der Waals surface area contributed by atoms with Gasteiger partial charge in [0.1, 0.15) is 5.75 Å². The molecule has 0 bridgehead atoms. The van der Waals surface area contributed by atoms with Crippen LogP contribution in [-0.2, 0) is 13.0 Å². The van der Waals surface area contributed by atoms with Gasteiger partial charge >= 0.3 is 11.0 Å². The molecule has 3 N–H and O–H groups in total. The lowest BCUT2D eigenvalue weighted by atomic mass is 10.0. The van der Waals surface area contributed by atoms with Crippen LogP contribution in [0.25, 0.3) is 11.1 Å². The zero-order valence-electron chi connectivity index (χ0n) is 16.5. The summed E-state index contributed by atoms with van der Waals surface area (Å²) in [6.07, 6.45) is -0.0144. The molecule has 0 atom stereocenters. The van der Waals surface area contributed by atoms with Gasteiger partial charge in [-0.05, 0) is 40.5 Å². The molecule has 3 aromatic carbocycles. The number of aromatic nitrogens is 1. The minimum atomic E-state index is -0.503. The molecule has 1 aromatic heterocycles. The second-order valence-corrected chi connectivity index (χ2v) is 7.98. The van der Waals surface area contributed by atoms with E-state index in [1.165, 1.54) is 0 Å². The van der Waals surface area contributed by atoms with Crippen LogP contribution in [0, 0.1) is 0 Å². The van der Waals surface area contributed by atoms with Crippen LogP contribution in [0.1, 0.15) is 16.0 Å².